The molecule has 166 valence electrons. The fourth-order valence-electron chi connectivity index (χ4n) is 4.64. The van der Waals surface area contributed by atoms with E-state index in [0.29, 0.717) is 32.3 Å². The van der Waals surface area contributed by atoms with Crippen molar-refractivity contribution in [3.8, 4) is 0 Å². The summed E-state index contributed by atoms with van der Waals surface area (Å²) in [5, 5.41) is 8.79. The lowest BCUT2D eigenvalue weighted by atomic mass is 10.2. The van der Waals surface area contributed by atoms with Crippen LogP contribution in [-0.2, 0) is 14.8 Å². The van der Waals surface area contributed by atoms with Crippen molar-refractivity contribution in [2.75, 3.05) is 75.3 Å². The highest BCUT2D eigenvalue weighted by molar-refractivity contribution is 7.90. The molecule has 1 aromatic heterocycles. The number of ether oxygens (including phenoxy) is 1. The SMILES string of the molecule is O=S(=O)(C1CC1)N1CCN(c2ccc(N3CCN(CC4CCCO4)CC3)nn2)CC1. The van der Waals surface area contributed by atoms with Crippen LogP contribution in [0.2, 0.25) is 0 Å². The molecule has 0 radical (unpaired) electrons. The van der Waals surface area contributed by atoms with Gasteiger partial charge in [0.25, 0.3) is 0 Å². The predicted molar refractivity (Wildman–Crippen MR) is 115 cm³/mol. The molecule has 0 amide bonds. The first-order valence-electron chi connectivity index (χ1n) is 11.3. The lowest BCUT2D eigenvalue weighted by Crippen LogP contribution is -2.50. The second-order valence-electron chi connectivity index (χ2n) is 8.80. The van der Waals surface area contributed by atoms with E-state index in [2.05, 4.69) is 24.9 Å². The van der Waals surface area contributed by atoms with Crippen LogP contribution in [0.15, 0.2) is 12.1 Å². The van der Waals surface area contributed by atoms with Gasteiger partial charge in [-0.15, -0.1) is 10.2 Å². The Morgan fingerprint density at radius 3 is 1.97 bits per heavy atom. The molecular formula is C20H32N6O3S. The minimum absolute atomic E-state index is 0.130. The van der Waals surface area contributed by atoms with Gasteiger partial charge in [0.05, 0.1) is 11.4 Å². The van der Waals surface area contributed by atoms with Gasteiger partial charge in [-0.3, -0.25) is 4.90 Å². The van der Waals surface area contributed by atoms with Crippen LogP contribution in [0, 0.1) is 0 Å². The fraction of sp³-hybridized carbons (Fsp3) is 0.800. The number of hydrogen-bond acceptors (Lipinski definition) is 8. The Kier molecular flexibility index (Phi) is 5.83. The molecule has 30 heavy (non-hydrogen) atoms. The molecular weight excluding hydrogens is 404 g/mol. The second kappa shape index (κ2) is 8.57. The maximum atomic E-state index is 12.4. The average Bonchev–Trinajstić information content (AvgIpc) is 3.53. The van der Waals surface area contributed by atoms with E-state index in [9.17, 15) is 8.42 Å². The summed E-state index contributed by atoms with van der Waals surface area (Å²) in [4.78, 5) is 6.92. The Labute approximate surface area is 179 Å². The summed E-state index contributed by atoms with van der Waals surface area (Å²) >= 11 is 0. The van der Waals surface area contributed by atoms with Crippen molar-refractivity contribution in [1.29, 1.82) is 0 Å². The quantitative estimate of drug-likeness (QED) is 0.634. The monoisotopic (exact) mass is 436 g/mol. The largest absolute Gasteiger partial charge is 0.377 e. The molecule has 4 heterocycles. The normalized spacial score (nSPS) is 27.0. The summed E-state index contributed by atoms with van der Waals surface area (Å²) in [6.45, 7) is 8.34. The van der Waals surface area contributed by atoms with Crippen molar-refractivity contribution in [2.45, 2.75) is 37.0 Å². The minimum Gasteiger partial charge on any atom is -0.377 e. The van der Waals surface area contributed by atoms with Crippen molar-refractivity contribution < 1.29 is 13.2 Å². The summed E-state index contributed by atoms with van der Waals surface area (Å²) in [6.07, 6.45) is 4.43. The van der Waals surface area contributed by atoms with Crippen molar-refractivity contribution in [3.05, 3.63) is 12.1 Å². The molecule has 0 bridgehead atoms. The number of piperazine rings is 2. The highest BCUT2D eigenvalue weighted by atomic mass is 32.2. The number of rotatable bonds is 6. The van der Waals surface area contributed by atoms with Gasteiger partial charge < -0.3 is 14.5 Å². The number of sulfonamides is 1. The fourth-order valence-corrected chi connectivity index (χ4v) is 6.47. The molecule has 5 rings (SSSR count). The first-order valence-corrected chi connectivity index (χ1v) is 12.8. The van der Waals surface area contributed by atoms with Crippen LogP contribution < -0.4 is 9.80 Å². The zero-order valence-corrected chi connectivity index (χ0v) is 18.3. The molecule has 1 aliphatic carbocycles. The van der Waals surface area contributed by atoms with Gasteiger partial charge in [0, 0.05) is 65.5 Å². The molecule has 1 unspecified atom stereocenters. The van der Waals surface area contributed by atoms with Crippen molar-refractivity contribution in [2.24, 2.45) is 0 Å². The van der Waals surface area contributed by atoms with E-state index in [-0.39, 0.29) is 5.25 Å². The summed E-state index contributed by atoms with van der Waals surface area (Å²) in [5.41, 5.74) is 0. The second-order valence-corrected chi connectivity index (χ2v) is 11.0. The molecule has 9 nitrogen and oxygen atoms in total. The Morgan fingerprint density at radius 2 is 1.47 bits per heavy atom. The molecule has 3 aliphatic heterocycles. The van der Waals surface area contributed by atoms with E-state index >= 15 is 0 Å². The van der Waals surface area contributed by atoms with Gasteiger partial charge in [-0.2, -0.15) is 4.31 Å². The summed E-state index contributed by atoms with van der Waals surface area (Å²) in [7, 11) is -3.08. The zero-order chi connectivity index (χ0) is 20.6. The van der Waals surface area contributed by atoms with E-state index in [1.165, 1.54) is 12.8 Å². The molecule has 3 saturated heterocycles. The lowest BCUT2D eigenvalue weighted by molar-refractivity contribution is 0.0712. The van der Waals surface area contributed by atoms with Gasteiger partial charge in [-0.25, -0.2) is 8.42 Å². The number of hydrogen-bond donors (Lipinski definition) is 0. The molecule has 0 spiro atoms. The van der Waals surface area contributed by atoms with Crippen LogP contribution in [-0.4, -0.2) is 105 Å². The van der Waals surface area contributed by atoms with Crippen LogP contribution in [0.3, 0.4) is 0 Å². The van der Waals surface area contributed by atoms with E-state index in [0.717, 1.165) is 63.8 Å². The van der Waals surface area contributed by atoms with Crippen LogP contribution >= 0.6 is 0 Å². The van der Waals surface area contributed by atoms with Crippen molar-refractivity contribution in [3.63, 3.8) is 0 Å². The summed E-state index contributed by atoms with van der Waals surface area (Å²) in [6, 6.07) is 4.07. The lowest BCUT2D eigenvalue weighted by Gasteiger charge is -2.36. The van der Waals surface area contributed by atoms with Crippen LogP contribution in [0.25, 0.3) is 0 Å². The Morgan fingerprint density at radius 1 is 0.867 bits per heavy atom. The highest BCUT2D eigenvalue weighted by Gasteiger charge is 2.41. The van der Waals surface area contributed by atoms with E-state index in [1.807, 2.05) is 12.1 Å². The number of aromatic nitrogens is 2. The summed E-state index contributed by atoms with van der Waals surface area (Å²) in [5.74, 6) is 1.75. The van der Waals surface area contributed by atoms with Gasteiger partial charge in [0.1, 0.15) is 0 Å². The standard InChI is InChI=1S/C20H32N6O3S/c27-30(28,18-3-4-18)26-13-11-25(12-14-26)20-6-5-19(21-22-20)24-9-7-23(8-10-24)16-17-2-1-15-29-17/h5-6,17-18H,1-4,7-16H2. The molecule has 1 aromatic rings. The van der Waals surface area contributed by atoms with Gasteiger partial charge in [-0.05, 0) is 37.8 Å². The molecule has 4 fully saturated rings. The summed E-state index contributed by atoms with van der Waals surface area (Å²) < 4.78 is 32.2. The topological polar surface area (TPSA) is 82.1 Å². The smallest absolute Gasteiger partial charge is 0.217 e. The maximum Gasteiger partial charge on any atom is 0.217 e. The van der Waals surface area contributed by atoms with E-state index in [1.54, 1.807) is 4.31 Å². The van der Waals surface area contributed by atoms with Gasteiger partial charge in [0.2, 0.25) is 10.0 Å². The van der Waals surface area contributed by atoms with Gasteiger partial charge >= 0.3 is 0 Å². The van der Waals surface area contributed by atoms with Crippen LogP contribution in [0.4, 0.5) is 11.6 Å². The Bertz CT molecular complexity index is 809. The van der Waals surface area contributed by atoms with Crippen LogP contribution in [0.5, 0.6) is 0 Å². The van der Waals surface area contributed by atoms with E-state index in [4.69, 9.17) is 4.74 Å². The molecule has 0 N–H and O–H groups in total. The van der Waals surface area contributed by atoms with Crippen molar-refractivity contribution >= 4 is 21.7 Å². The van der Waals surface area contributed by atoms with Crippen LogP contribution in [0.1, 0.15) is 25.7 Å². The first-order chi connectivity index (χ1) is 14.6. The third-order valence-electron chi connectivity index (χ3n) is 6.69. The third kappa shape index (κ3) is 4.42. The molecule has 0 aromatic carbocycles. The molecule has 1 saturated carbocycles. The van der Waals surface area contributed by atoms with Gasteiger partial charge in [-0.1, -0.05) is 0 Å². The predicted octanol–water partition coefficient (Wildman–Crippen LogP) is 0.392. The number of nitrogens with zero attached hydrogens (tertiary/aromatic N) is 6. The van der Waals surface area contributed by atoms with E-state index < -0.39 is 10.0 Å². The minimum atomic E-state index is -3.08. The first kappa shape index (κ1) is 20.4. The molecule has 10 heteroatoms. The Hall–Kier alpha value is -1.49. The zero-order valence-electron chi connectivity index (χ0n) is 17.5. The Balaban J connectivity index is 1.11. The molecule has 1 atom stereocenters. The highest BCUT2D eigenvalue weighted by Crippen LogP contribution is 2.31. The number of anilines is 2. The van der Waals surface area contributed by atoms with Crippen molar-refractivity contribution in [1.82, 2.24) is 19.4 Å². The average molecular weight is 437 g/mol. The maximum absolute atomic E-state index is 12.4. The molecule has 4 aliphatic rings. The third-order valence-corrected chi connectivity index (χ3v) is 9.09. The van der Waals surface area contributed by atoms with Gasteiger partial charge in [0.15, 0.2) is 11.6 Å².